The van der Waals surface area contributed by atoms with Gasteiger partial charge in [0.1, 0.15) is 5.75 Å². The first-order valence-corrected chi connectivity index (χ1v) is 7.21. The first-order valence-electron chi connectivity index (χ1n) is 6.41. The summed E-state index contributed by atoms with van der Waals surface area (Å²) < 4.78 is 6.11. The minimum Gasteiger partial charge on any atom is -0.449 e. The van der Waals surface area contributed by atoms with Crippen LogP contribution < -0.4 is 4.74 Å². The maximum atomic E-state index is 11.0. The molecule has 2 aromatic carbocycles. The van der Waals surface area contributed by atoms with Crippen LogP contribution in [0.5, 0.6) is 11.5 Å². The Morgan fingerprint density at radius 3 is 2.52 bits per heavy atom. The third kappa shape index (κ3) is 3.59. The molecule has 0 aliphatic rings. The normalized spacial score (nSPS) is 12.0. The van der Waals surface area contributed by atoms with E-state index in [0.29, 0.717) is 16.6 Å². The fourth-order valence-electron chi connectivity index (χ4n) is 1.85. The van der Waals surface area contributed by atoms with E-state index in [-0.39, 0.29) is 11.4 Å². The van der Waals surface area contributed by atoms with Crippen LogP contribution in [0, 0.1) is 10.1 Å². The van der Waals surface area contributed by atoms with Gasteiger partial charge >= 0.3 is 5.69 Å². The lowest BCUT2D eigenvalue weighted by atomic mass is 10.1. The second-order valence-electron chi connectivity index (χ2n) is 4.44. The lowest BCUT2D eigenvalue weighted by Gasteiger charge is -2.11. The number of aliphatic hydroxyl groups excluding tert-OH is 1. The maximum Gasteiger partial charge on any atom is 0.312 e. The Morgan fingerprint density at radius 2 is 1.95 bits per heavy atom. The molecule has 0 radical (unpaired) electrons. The van der Waals surface area contributed by atoms with Crippen LogP contribution in [0.25, 0.3) is 0 Å². The molecule has 0 aliphatic carbocycles. The lowest BCUT2D eigenvalue weighted by Crippen LogP contribution is -1.96. The van der Waals surface area contributed by atoms with Gasteiger partial charge in [0, 0.05) is 6.07 Å². The summed E-state index contributed by atoms with van der Waals surface area (Å²) in [6.45, 7) is 1.89. The zero-order valence-electron chi connectivity index (χ0n) is 11.3. The van der Waals surface area contributed by atoms with Gasteiger partial charge in [0.15, 0.2) is 0 Å². The summed E-state index contributed by atoms with van der Waals surface area (Å²) in [6, 6.07) is 11.5. The Labute approximate surface area is 130 Å². The molecule has 0 aliphatic heterocycles. The summed E-state index contributed by atoms with van der Waals surface area (Å²) >= 11 is 3.25. The topological polar surface area (TPSA) is 72.6 Å². The molecule has 110 valence electrons. The van der Waals surface area contributed by atoms with Gasteiger partial charge in [-0.1, -0.05) is 25.1 Å². The molecule has 2 aromatic rings. The van der Waals surface area contributed by atoms with Crippen LogP contribution in [0.4, 0.5) is 5.69 Å². The Balaban J connectivity index is 2.28. The van der Waals surface area contributed by atoms with E-state index >= 15 is 0 Å². The van der Waals surface area contributed by atoms with Crippen LogP contribution >= 0.6 is 15.9 Å². The number of nitro groups is 1. The average molecular weight is 352 g/mol. The smallest absolute Gasteiger partial charge is 0.312 e. The van der Waals surface area contributed by atoms with Gasteiger partial charge in [0.2, 0.25) is 5.75 Å². The molecule has 0 heterocycles. The number of aliphatic hydroxyl groups is 1. The van der Waals surface area contributed by atoms with Crippen molar-refractivity contribution in [3.05, 3.63) is 62.6 Å². The molecule has 21 heavy (non-hydrogen) atoms. The van der Waals surface area contributed by atoms with Gasteiger partial charge in [-0.25, -0.2) is 0 Å². The summed E-state index contributed by atoms with van der Waals surface area (Å²) in [5.41, 5.74) is 0.675. The number of halogens is 1. The van der Waals surface area contributed by atoms with Crippen molar-refractivity contribution in [2.75, 3.05) is 0 Å². The maximum absolute atomic E-state index is 11.0. The monoisotopic (exact) mass is 351 g/mol. The largest absolute Gasteiger partial charge is 0.449 e. The highest BCUT2D eigenvalue weighted by Crippen LogP contribution is 2.38. The number of nitrogens with zero attached hydrogens (tertiary/aromatic N) is 1. The van der Waals surface area contributed by atoms with E-state index in [2.05, 4.69) is 15.9 Å². The second-order valence-corrected chi connectivity index (χ2v) is 5.29. The molecular formula is C15H14BrNO4. The van der Waals surface area contributed by atoms with E-state index in [0.717, 1.165) is 5.56 Å². The van der Waals surface area contributed by atoms with Crippen LogP contribution in [-0.4, -0.2) is 10.0 Å². The lowest BCUT2D eigenvalue weighted by molar-refractivity contribution is -0.385. The van der Waals surface area contributed by atoms with Gasteiger partial charge in [0.25, 0.3) is 0 Å². The summed E-state index contributed by atoms with van der Waals surface area (Å²) in [6.07, 6.45) is 0.104. The molecule has 0 fully saturated rings. The van der Waals surface area contributed by atoms with Crippen molar-refractivity contribution in [1.82, 2.24) is 0 Å². The summed E-state index contributed by atoms with van der Waals surface area (Å²) in [5.74, 6) is 0.628. The van der Waals surface area contributed by atoms with Crippen LogP contribution in [0.2, 0.25) is 0 Å². The highest BCUT2D eigenvalue weighted by atomic mass is 79.9. The van der Waals surface area contributed by atoms with Gasteiger partial charge in [0.05, 0.1) is 15.5 Å². The third-order valence-electron chi connectivity index (χ3n) is 3.01. The third-order valence-corrected chi connectivity index (χ3v) is 3.64. The molecular weight excluding hydrogens is 338 g/mol. The van der Waals surface area contributed by atoms with Crippen molar-refractivity contribution in [3.8, 4) is 11.5 Å². The van der Waals surface area contributed by atoms with Crippen molar-refractivity contribution < 1.29 is 14.8 Å². The Kier molecular flexibility index (Phi) is 4.93. The molecule has 1 atom stereocenters. The number of rotatable bonds is 5. The van der Waals surface area contributed by atoms with E-state index < -0.39 is 11.0 Å². The number of hydrogen-bond donors (Lipinski definition) is 1. The first-order chi connectivity index (χ1) is 10.0. The zero-order valence-corrected chi connectivity index (χ0v) is 12.9. The van der Waals surface area contributed by atoms with Crippen molar-refractivity contribution in [1.29, 1.82) is 0 Å². The van der Waals surface area contributed by atoms with E-state index in [1.807, 2.05) is 6.92 Å². The Morgan fingerprint density at radius 1 is 1.29 bits per heavy atom. The fraction of sp³-hybridized carbons (Fsp3) is 0.200. The quantitative estimate of drug-likeness (QED) is 0.631. The number of hydrogen-bond acceptors (Lipinski definition) is 4. The molecule has 2 rings (SSSR count). The Bertz CT molecular complexity index is 643. The molecule has 0 amide bonds. The van der Waals surface area contributed by atoms with E-state index in [1.165, 1.54) is 6.07 Å². The van der Waals surface area contributed by atoms with Crippen LogP contribution in [0.3, 0.4) is 0 Å². The molecule has 5 nitrogen and oxygen atoms in total. The van der Waals surface area contributed by atoms with Gasteiger partial charge in [-0.2, -0.15) is 0 Å². The molecule has 0 spiro atoms. The van der Waals surface area contributed by atoms with Crippen molar-refractivity contribution in [2.24, 2.45) is 0 Å². The van der Waals surface area contributed by atoms with Gasteiger partial charge in [-0.05, 0) is 46.1 Å². The minimum atomic E-state index is -0.517. The van der Waals surface area contributed by atoms with Crippen LogP contribution in [-0.2, 0) is 0 Å². The fourth-order valence-corrected chi connectivity index (χ4v) is 2.29. The molecule has 0 bridgehead atoms. The molecule has 1 N–H and O–H groups in total. The predicted octanol–water partition coefficient (Wildman–Crippen LogP) is 4.59. The summed E-state index contributed by atoms with van der Waals surface area (Å²) in [5, 5.41) is 20.8. The number of benzene rings is 2. The first kappa shape index (κ1) is 15.5. The SMILES string of the molecule is CCC(O)c1ccc(Oc2c(Br)cccc2[N+](=O)[O-])cc1. The standard InChI is InChI=1S/C15H14BrNO4/c1-2-14(18)10-6-8-11(9-7-10)21-15-12(16)4-3-5-13(15)17(19)20/h3-9,14,18H,2H2,1H3. The molecule has 6 heteroatoms. The van der Waals surface area contributed by atoms with Gasteiger partial charge in [-0.3, -0.25) is 10.1 Å². The number of para-hydroxylation sites is 1. The van der Waals surface area contributed by atoms with Crippen molar-refractivity contribution in [3.63, 3.8) is 0 Å². The number of ether oxygens (including phenoxy) is 1. The summed E-state index contributed by atoms with van der Waals surface area (Å²) in [4.78, 5) is 10.5. The second kappa shape index (κ2) is 6.69. The van der Waals surface area contributed by atoms with Crippen LogP contribution in [0.1, 0.15) is 25.0 Å². The Hall–Kier alpha value is -1.92. The number of nitro benzene ring substituents is 1. The van der Waals surface area contributed by atoms with Crippen molar-refractivity contribution in [2.45, 2.75) is 19.4 Å². The van der Waals surface area contributed by atoms with E-state index in [4.69, 9.17) is 4.74 Å². The minimum absolute atomic E-state index is 0.109. The molecule has 0 saturated heterocycles. The van der Waals surface area contributed by atoms with Gasteiger partial charge < -0.3 is 9.84 Å². The van der Waals surface area contributed by atoms with E-state index in [9.17, 15) is 15.2 Å². The average Bonchev–Trinajstić information content (AvgIpc) is 2.49. The summed E-state index contributed by atoms with van der Waals surface area (Å²) in [7, 11) is 0. The highest BCUT2D eigenvalue weighted by Gasteiger charge is 2.18. The van der Waals surface area contributed by atoms with Crippen LogP contribution in [0.15, 0.2) is 46.9 Å². The highest BCUT2D eigenvalue weighted by molar-refractivity contribution is 9.10. The molecule has 1 unspecified atom stereocenters. The van der Waals surface area contributed by atoms with Crippen molar-refractivity contribution >= 4 is 21.6 Å². The zero-order chi connectivity index (χ0) is 15.4. The van der Waals surface area contributed by atoms with Gasteiger partial charge in [-0.15, -0.1) is 0 Å². The molecule has 0 saturated carbocycles. The predicted molar refractivity (Wildman–Crippen MR) is 82.6 cm³/mol. The van der Waals surface area contributed by atoms with E-state index in [1.54, 1.807) is 36.4 Å². The molecule has 0 aromatic heterocycles.